The fourth-order valence-corrected chi connectivity index (χ4v) is 3.26. The molecule has 1 unspecified atom stereocenters. The van der Waals surface area contributed by atoms with Crippen LogP contribution in [0.3, 0.4) is 0 Å². The van der Waals surface area contributed by atoms with E-state index in [2.05, 4.69) is 17.6 Å². The highest BCUT2D eigenvalue weighted by atomic mass is 32.1. The van der Waals surface area contributed by atoms with Crippen molar-refractivity contribution in [2.75, 3.05) is 20.2 Å². The molecule has 1 aliphatic rings. The van der Waals surface area contributed by atoms with Crippen LogP contribution in [0.5, 0.6) is 0 Å². The van der Waals surface area contributed by atoms with Crippen LogP contribution in [0.15, 0.2) is 5.38 Å². The van der Waals surface area contributed by atoms with Gasteiger partial charge >= 0.3 is 0 Å². The quantitative estimate of drug-likeness (QED) is 0.827. The molecule has 0 radical (unpaired) electrons. The van der Waals surface area contributed by atoms with E-state index in [0.717, 1.165) is 26.0 Å². The summed E-state index contributed by atoms with van der Waals surface area (Å²) in [6, 6.07) is 0. The Labute approximate surface area is 89.3 Å². The van der Waals surface area contributed by atoms with Crippen molar-refractivity contribution in [2.45, 2.75) is 25.9 Å². The maximum atomic E-state index is 5.75. The highest BCUT2D eigenvalue weighted by Gasteiger charge is 2.23. The second-order valence-corrected chi connectivity index (χ2v) is 4.54. The molecular formula is C11H17NOS. The largest absolute Gasteiger partial charge is 0.371 e. The molecule has 1 N–H and O–H groups in total. The summed E-state index contributed by atoms with van der Waals surface area (Å²) in [4.78, 5) is 1.45. The van der Waals surface area contributed by atoms with E-state index < -0.39 is 0 Å². The summed E-state index contributed by atoms with van der Waals surface area (Å²) < 4.78 is 5.75. The predicted molar refractivity (Wildman–Crippen MR) is 60.0 cm³/mol. The second kappa shape index (κ2) is 4.43. The van der Waals surface area contributed by atoms with Gasteiger partial charge in [-0.25, -0.2) is 0 Å². The van der Waals surface area contributed by atoms with Gasteiger partial charge in [0.2, 0.25) is 0 Å². The topological polar surface area (TPSA) is 21.3 Å². The van der Waals surface area contributed by atoms with E-state index >= 15 is 0 Å². The number of aryl methyl sites for hydroxylation is 1. The Morgan fingerprint density at radius 3 is 3.21 bits per heavy atom. The van der Waals surface area contributed by atoms with Gasteiger partial charge in [0.25, 0.3) is 0 Å². The number of thiophene rings is 1. The van der Waals surface area contributed by atoms with Crippen molar-refractivity contribution in [1.29, 1.82) is 0 Å². The molecule has 3 heteroatoms. The number of likely N-dealkylation sites (N-methyl/N-ethyl adjacent to an activating group) is 1. The molecule has 0 saturated carbocycles. The Morgan fingerprint density at radius 2 is 2.50 bits per heavy atom. The minimum Gasteiger partial charge on any atom is -0.371 e. The first-order valence-corrected chi connectivity index (χ1v) is 6.10. The highest BCUT2D eigenvalue weighted by Crippen LogP contribution is 2.34. The average molecular weight is 211 g/mol. The first kappa shape index (κ1) is 10.1. The smallest absolute Gasteiger partial charge is 0.104 e. The number of ether oxygens (including phenoxy) is 1. The molecular weight excluding hydrogens is 194 g/mol. The van der Waals surface area contributed by atoms with Crippen molar-refractivity contribution in [3.63, 3.8) is 0 Å². The highest BCUT2D eigenvalue weighted by molar-refractivity contribution is 7.10. The van der Waals surface area contributed by atoms with Crippen LogP contribution in [0.2, 0.25) is 0 Å². The van der Waals surface area contributed by atoms with Gasteiger partial charge in [-0.2, -0.15) is 0 Å². The summed E-state index contributed by atoms with van der Waals surface area (Å²) in [6.45, 7) is 4.03. The van der Waals surface area contributed by atoms with Crippen molar-refractivity contribution in [3.05, 3.63) is 21.4 Å². The van der Waals surface area contributed by atoms with Crippen LogP contribution >= 0.6 is 11.3 Å². The van der Waals surface area contributed by atoms with Crippen LogP contribution in [0, 0.1) is 0 Å². The maximum absolute atomic E-state index is 5.75. The molecule has 0 saturated heterocycles. The van der Waals surface area contributed by atoms with Gasteiger partial charge in [-0.1, -0.05) is 6.92 Å². The first-order valence-electron chi connectivity index (χ1n) is 5.22. The standard InChI is InChI=1S/C11H17NOS/c1-3-8-7-14-11-9(8)4-5-13-10(11)6-12-2/h7,10,12H,3-6H2,1-2H3. The van der Waals surface area contributed by atoms with Crippen molar-refractivity contribution < 1.29 is 4.74 Å². The summed E-state index contributed by atoms with van der Waals surface area (Å²) in [7, 11) is 1.98. The number of hydrogen-bond donors (Lipinski definition) is 1. The maximum Gasteiger partial charge on any atom is 0.104 e. The van der Waals surface area contributed by atoms with Crippen molar-refractivity contribution >= 4 is 11.3 Å². The van der Waals surface area contributed by atoms with Gasteiger partial charge in [-0.15, -0.1) is 11.3 Å². The van der Waals surface area contributed by atoms with Gasteiger partial charge in [0.1, 0.15) is 6.10 Å². The number of nitrogens with one attached hydrogen (secondary N) is 1. The summed E-state index contributed by atoms with van der Waals surface area (Å²) in [5, 5.41) is 5.48. The van der Waals surface area contributed by atoms with Gasteiger partial charge in [-0.05, 0) is 36.4 Å². The third kappa shape index (κ3) is 1.72. The Kier molecular flexibility index (Phi) is 3.21. The lowest BCUT2D eigenvalue weighted by Gasteiger charge is -2.23. The molecule has 1 atom stereocenters. The average Bonchev–Trinajstić information content (AvgIpc) is 2.62. The van der Waals surface area contributed by atoms with Crippen LogP contribution in [-0.4, -0.2) is 20.2 Å². The molecule has 2 heterocycles. The lowest BCUT2D eigenvalue weighted by atomic mass is 10.0. The van der Waals surface area contributed by atoms with E-state index in [4.69, 9.17) is 4.74 Å². The van der Waals surface area contributed by atoms with Gasteiger partial charge in [0.15, 0.2) is 0 Å². The molecule has 1 aromatic heterocycles. The third-order valence-electron chi connectivity index (χ3n) is 2.75. The Hall–Kier alpha value is -0.380. The number of fused-ring (bicyclic) bond motifs is 1. The van der Waals surface area contributed by atoms with Gasteiger partial charge < -0.3 is 10.1 Å². The molecule has 1 aliphatic heterocycles. The summed E-state index contributed by atoms with van der Waals surface area (Å²) in [5.74, 6) is 0. The van der Waals surface area contributed by atoms with E-state index in [-0.39, 0.29) is 6.10 Å². The zero-order valence-electron chi connectivity index (χ0n) is 8.80. The van der Waals surface area contributed by atoms with Gasteiger partial charge in [0.05, 0.1) is 6.61 Å². The SMILES string of the molecule is CCc1csc2c1CCOC2CNC. The monoisotopic (exact) mass is 211 g/mol. The van der Waals surface area contributed by atoms with Crippen LogP contribution in [-0.2, 0) is 17.6 Å². The minimum atomic E-state index is 0.286. The van der Waals surface area contributed by atoms with E-state index in [1.807, 2.05) is 18.4 Å². The van der Waals surface area contributed by atoms with Crippen LogP contribution in [0.4, 0.5) is 0 Å². The predicted octanol–water partition coefficient (Wildman–Crippen LogP) is 2.14. The lowest BCUT2D eigenvalue weighted by molar-refractivity contribution is 0.0467. The number of rotatable bonds is 3. The van der Waals surface area contributed by atoms with Crippen molar-refractivity contribution in [1.82, 2.24) is 5.32 Å². The van der Waals surface area contributed by atoms with Gasteiger partial charge in [-0.3, -0.25) is 0 Å². The molecule has 1 aromatic rings. The fraction of sp³-hybridized carbons (Fsp3) is 0.636. The fourth-order valence-electron chi connectivity index (χ4n) is 2.00. The Bertz CT molecular complexity index is 308. The lowest BCUT2D eigenvalue weighted by Crippen LogP contribution is -2.24. The zero-order chi connectivity index (χ0) is 9.97. The molecule has 0 aliphatic carbocycles. The van der Waals surface area contributed by atoms with Crippen molar-refractivity contribution in [3.8, 4) is 0 Å². The van der Waals surface area contributed by atoms with E-state index in [1.54, 1.807) is 5.56 Å². The normalized spacial score (nSPS) is 20.9. The molecule has 0 aromatic carbocycles. The Morgan fingerprint density at radius 1 is 1.64 bits per heavy atom. The molecule has 0 amide bonds. The molecule has 0 spiro atoms. The molecule has 0 bridgehead atoms. The second-order valence-electron chi connectivity index (χ2n) is 3.62. The van der Waals surface area contributed by atoms with E-state index in [1.165, 1.54) is 10.4 Å². The molecule has 14 heavy (non-hydrogen) atoms. The van der Waals surface area contributed by atoms with Crippen LogP contribution in [0.25, 0.3) is 0 Å². The summed E-state index contributed by atoms with van der Waals surface area (Å²) in [5.41, 5.74) is 3.08. The molecule has 0 fully saturated rings. The first-order chi connectivity index (χ1) is 6.86. The van der Waals surface area contributed by atoms with E-state index in [9.17, 15) is 0 Å². The Balaban J connectivity index is 2.26. The molecule has 78 valence electrons. The zero-order valence-corrected chi connectivity index (χ0v) is 9.62. The third-order valence-corrected chi connectivity index (χ3v) is 3.91. The summed E-state index contributed by atoms with van der Waals surface area (Å²) in [6.07, 6.45) is 2.54. The van der Waals surface area contributed by atoms with Crippen LogP contribution < -0.4 is 5.32 Å². The van der Waals surface area contributed by atoms with Crippen molar-refractivity contribution in [2.24, 2.45) is 0 Å². The molecule has 2 rings (SSSR count). The summed E-state index contributed by atoms with van der Waals surface area (Å²) >= 11 is 1.86. The van der Waals surface area contributed by atoms with Crippen LogP contribution in [0.1, 0.15) is 29.0 Å². The van der Waals surface area contributed by atoms with E-state index in [0.29, 0.717) is 0 Å². The number of hydrogen-bond acceptors (Lipinski definition) is 3. The minimum absolute atomic E-state index is 0.286. The van der Waals surface area contributed by atoms with Gasteiger partial charge in [0, 0.05) is 11.4 Å². The molecule has 2 nitrogen and oxygen atoms in total.